The molecule has 6 nitrogen and oxygen atoms in total. The van der Waals surface area contributed by atoms with Gasteiger partial charge < -0.3 is 14.6 Å². The number of fused-ring (bicyclic) bond motifs is 2. The summed E-state index contributed by atoms with van der Waals surface area (Å²) in [6.45, 7) is 5.62. The first-order chi connectivity index (χ1) is 17.1. The molecular formula is C28H25N3O3S. The number of aromatic nitrogens is 3. The van der Waals surface area contributed by atoms with Gasteiger partial charge in [-0.2, -0.15) is 4.98 Å². The van der Waals surface area contributed by atoms with E-state index >= 15 is 0 Å². The lowest BCUT2D eigenvalue weighted by Crippen LogP contribution is -2.13. The number of nitrogens with zero attached hydrogens (tertiary/aromatic N) is 3. The number of hydrogen-bond acceptors (Lipinski definition) is 7. The maximum atomic E-state index is 9.89. The average Bonchev–Trinajstić information content (AvgIpc) is 2.91. The highest BCUT2D eigenvalue weighted by atomic mass is 32.2. The number of hydrogen-bond donors (Lipinski definition) is 1. The minimum absolute atomic E-state index is 0.102. The Morgan fingerprint density at radius 3 is 2.71 bits per heavy atom. The highest BCUT2D eigenvalue weighted by Crippen LogP contribution is 2.43. The molecule has 0 fully saturated rings. The summed E-state index contributed by atoms with van der Waals surface area (Å²) < 4.78 is 11.7. The Balaban J connectivity index is 1.57. The molecule has 0 unspecified atom stereocenters. The fraction of sp³-hybridized carbons (Fsp3) is 0.179. The van der Waals surface area contributed by atoms with Crippen LogP contribution in [-0.2, 0) is 18.8 Å². The van der Waals surface area contributed by atoms with Crippen molar-refractivity contribution in [1.29, 1.82) is 0 Å². The predicted molar refractivity (Wildman–Crippen MR) is 138 cm³/mol. The molecule has 176 valence electrons. The quantitative estimate of drug-likeness (QED) is 0.225. The molecule has 0 bridgehead atoms. The van der Waals surface area contributed by atoms with Crippen LogP contribution < -0.4 is 9.47 Å². The maximum absolute atomic E-state index is 9.89. The largest absolute Gasteiger partial charge is 0.497 e. The van der Waals surface area contributed by atoms with Crippen molar-refractivity contribution in [3.63, 3.8) is 0 Å². The molecule has 0 saturated carbocycles. The third-order valence-electron chi connectivity index (χ3n) is 5.98. The zero-order chi connectivity index (χ0) is 24.4. The predicted octanol–water partition coefficient (Wildman–Crippen LogP) is 5.98. The Morgan fingerprint density at radius 1 is 1.14 bits per heavy atom. The van der Waals surface area contributed by atoms with Crippen LogP contribution in [0.1, 0.15) is 33.5 Å². The van der Waals surface area contributed by atoms with Gasteiger partial charge in [-0.3, -0.25) is 4.98 Å². The van der Waals surface area contributed by atoms with Crippen LogP contribution in [0.25, 0.3) is 17.5 Å². The van der Waals surface area contributed by atoms with Gasteiger partial charge in [0.25, 0.3) is 0 Å². The fourth-order valence-electron chi connectivity index (χ4n) is 4.01. The number of aliphatic hydroxyl groups excluding tert-OH is 1. The summed E-state index contributed by atoms with van der Waals surface area (Å²) in [6.07, 6.45) is 4.12. The van der Waals surface area contributed by atoms with Crippen LogP contribution in [-0.4, -0.2) is 27.2 Å². The van der Waals surface area contributed by atoms with Crippen molar-refractivity contribution in [2.75, 3.05) is 7.11 Å². The number of aryl methyl sites for hydroxylation is 1. The van der Waals surface area contributed by atoms with E-state index in [-0.39, 0.29) is 6.61 Å². The average molecular weight is 484 g/mol. The molecular weight excluding hydrogens is 458 g/mol. The summed E-state index contributed by atoms with van der Waals surface area (Å²) in [7, 11) is 1.64. The number of benzene rings is 2. The van der Waals surface area contributed by atoms with Crippen molar-refractivity contribution < 1.29 is 14.6 Å². The zero-order valence-corrected chi connectivity index (χ0v) is 20.4. The summed E-state index contributed by atoms with van der Waals surface area (Å²) >= 11 is 1.65. The minimum atomic E-state index is -0.102. The molecule has 0 atom stereocenters. The lowest BCUT2D eigenvalue weighted by Gasteiger charge is -2.24. The third-order valence-corrected chi connectivity index (χ3v) is 7.07. The topological polar surface area (TPSA) is 77.4 Å². The van der Waals surface area contributed by atoms with Gasteiger partial charge in [-0.05, 0) is 30.2 Å². The van der Waals surface area contributed by atoms with E-state index in [9.17, 15) is 5.11 Å². The molecule has 3 heterocycles. The lowest BCUT2D eigenvalue weighted by molar-refractivity contribution is 0.278. The van der Waals surface area contributed by atoms with Crippen LogP contribution in [0.15, 0.2) is 66.3 Å². The third kappa shape index (κ3) is 4.65. The number of ether oxygens (including phenoxy) is 2. The van der Waals surface area contributed by atoms with Crippen molar-refractivity contribution in [2.45, 2.75) is 30.7 Å². The van der Waals surface area contributed by atoms with Gasteiger partial charge in [-0.15, -0.1) is 11.8 Å². The maximum Gasteiger partial charge on any atom is 0.227 e. The van der Waals surface area contributed by atoms with E-state index in [1.807, 2.05) is 37.3 Å². The van der Waals surface area contributed by atoms with Gasteiger partial charge in [-0.1, -0.05) is 49.1 Å². The lowest BCUT2D eigenvalue weighted by atomic mass is 9.99. The summed E-state index contributed by atoms with van der Waals surface area (Å²) in [5, 5.41) is 10.7. The molecule has 7 heteroatoms. The molecule has 5 rings (SSSR count). The van der Waals surface area contributed by atoms with Gasteiger partial charge in [0.2, 0.25) is 5.88 Å². The number of methoxy groups -OCH3 is 1. The fourth-order valence-corrected chi connectivity index (χ4v) is 4.99. The van der Waals surface area contributed by atoms with E-state index in [1.54, 1.807) is 25.1 Å². The molecule has 0 spiro atoms. The van der Waals surface area contributed by atoms with E-state index in [0.29, 0.717) is 23.9 Å². The smallest absolute Gasteiger partial charge is 0.227 e. The number of pyridine rings is 1. The number of thioether (sulfide) groups is 1. The molecule has 4 aromatic rings. The highest BCUT2D eigenvalue weighted by Gasteiger charge is 2.27. The first kappa shape index (κ1) is 23.1. The van der Waals surface area contributed by atoms with Gasteiger partial charge in [0.1, 0.15) is 10.8 Å². The van der Waals surface area contributed by atoms with Gasteiger partial charge in [0.05, 0.1) is 25.0 Å². The first-order valence-electron chi connectivity index (χ1n) is 11.2. The zero-order valence-electron chi connectivity index (χ0n) is 19.6. The summed E-state index contributed by atoms with van der Waals surface area (Å²) in [6, 6.07) is 16.0. The summed E-state index contributed by atoms with van der Waals surface area (Å²) in [5.41, 5.74) is 6.48. The molecule has 0 radical (unpaired) electrons. The van der Waals surface area contributed by atoms with Gasteiger partial charge >= 0.3 is 0 Å². The van der Waals surface area contributed by atoms with Gasteiger partial charge in [0.15, 0.2) is 11.6 Å². The van der Waals surface area contributed by atoms with E-state index in [0.717, 1.165) is 50.0 Å². The summed E-state index contributed by atoms with van der Waals surface area (Å²) in [5.74, 6) is 3.23. The van der Waals surface area contributed by atoms with E-state index in [1.165, 1.54) is 5.56 Å². The van der Waals surface area contributed by atoms with Crippen molar-refractivity contribution >= 4 is 17.8 Å². The van der Waals surface area contributed by atoms with Crippen LogP contribution in [0.3, 0.4) is 0 Å². The van der Waals surface area contributed by atoms with Crippen molar-refractivity contribution in [3.8, 4) is 28.8 Å². The second-order valence-electron chi connectivity index (χ2n) is 8.22. The van der Waals surface area contributed by atoms with E-state index in [2.05, 4.69) is 35.8 Å². The number of rotatable bonds is 7. The minimum Gasteiger partial charge on any atom is -0.497 e. The van der Waals surface area contributed by atoms with Crippen LogP contribution in [0.4, 0.5) is 0 Å². The van der Waals surface area contributed by atoms with Crippen LogP contribution in [0.5, 0.6) is 17.4 Å². The normalized spacial score (nSPS) is 11.9. The van der Waals surface area contributed by atoms with E-state index < -0.39 is 0 Å². The van der Waals surface area contributed by atoms with Crippen molar-refractivity contribution in [3.05, 3.63) is 94.8 Å². The highest BCUT2D eigenvalue weighted by molar-refractivity contribution is 7.98. The Kier molecular flexibility index (Phi) is 6.53. The number of aliphatic hydroxyl groups is 1. The van der Waals surface area contributed by atoms with Crippen LogP contribution in [0.2, 0.25) is 0 Å². The molecule has 0 aliphatic carbocycles. The molecule has 1 aliphatic heterocycles. The Morgan fingerprint density at radius 2 is 1.97 bits per heavy atom. The molecule has 35 heavy (non-hydrogen) atoms. The Hall–Kier alpha value is -3.68. The second kappa shape index (κ2) is 9.90. The van der Waals surface area contributed by atoms with Crippen molar-refractivity contribution in [2.24, 2.45) is 0 Å². The van der Waals surface area contributed by atoms with Crippen LogP contribution in [0, 0.1) is 6.92 Å². The first-order valence-corrected chi connectivity index (χ1v) is 12.2. The molecule has 2 aromatic heterocycles. The monoisotopic (exact) mass is 483 g/mol. The van der Waals surface area contributed by atoms with Crippen molar-refractivity contribution in [1.82, 2.24) is 15.0 Å². The standard InChI is InChI=1S/C28H25N3O3S/c1-4-18-8-10-19(11-9-18)16-35-28-24-13-23-21(15-32)14-29-17(2)25(23)34-27(24)30-26(31-28)20-6-5-7-22(12-20)33-3/h4-12,14,32H,1,13,15-16H2,2-3H3. The van der Waals surface area contributed by atoms with Gasteiger partial charge in [0, 0.05) is 35.1 Å². The Labute approximate surface area is 208 Å². The molecule has 1 aliphatic rings. The molecule has 0 amide bonds. The Bertz CT molecular complexity index is 1400. The molecule has 0 saturated heterocycles. The SMILES string of the molecule is C=Cc1ccc(CSc2nc(-c3cccc(OC)c3)nc3c2Cc2c(CO)cnc(C)c2O3)cc1. The molecule has 1 N–H and O–H groups in total. The van der Waals surface area contributed by atoms with Crippen LogP contribution >= 0.6 is 11.8 Å². The van der Waals surface area contributed by atoms with Gasteiger partial charge in [-0.25, -0.2) is 4.98 Å². The van der Waals surface area contributed by atoms with E-state index in [4.69, 9.17) is 19.4 Å². The second-order valence-corrected chi connectivity index (χ2v) is 9.18. The summed E-state index contributed by atoms with van der Waals surface area (Å²) in [4.78, 5) is 14.1. The molecule has 2 aromatic carbocycles.